The maximum absolute atomic E-state index is 12.3. The highest BCUT2D eigenvalue weighted by Crippen LogP contribution is 2.32. The number of carbonyl (C=O) groups is 1. The van der Waals surface area contributed by atoms with E-state index < -0.39 is 0 Å². The van der Waals surface area contributed by atoms with Crippen LogP contribution in [0.3, 0.4) is 0 Å². The number of hydrogen-bond acceptors (Lipinski definition) is 6. The van der Waals surface area contributed by atoms with Crippen molar-refractivity contribution in [1.29, 1.82) is 0 Å². The molecule has 3 aromatic rings. The Labute approximate surface area is 174 Å². The number of rotatable bonds is 7. The Hall–Kier alpha value is -3.00. The molecule has 1 aromatic heterocycles. The SMILES string of the molecule is COc1ccc(-c2nnc(SCC(=O)Nc3ccc(C)cc3C)n2C)cc1OC. The Morgan fingerprint density at radius 2 is 1.83 bits per heavy atom. The zero-order valence-electron chi connectivity index (χ0n) is 17.1. The lowest BCUT2D eigenvalue weighted by molar-refractivity contribution is -0.113. The zero-order valence-corrected chi connectivity index (χ0v) is 18.0. The summed E-state index contributed by atoms with van der Waals surface area (Å²) in [6, 6.07) is 11.5. The molecule has 7 nitrogen and oxygen atoms in total. The van der Waals surface area contributed by atoms with Crippen molar-refractivity contribution in [3.05, 3.63) is 47.5 Å². The van der Waals surface area contributed by atoms with Crippen LogP contribution in [-0.2, 0) is 11.8 Å². The smallest absolute Gasteiger partial charge is 0.234 e. The van der Waals surface area contributed by atoms with Crippen molar-refractivity contribution in [3.8, 4) is 22.9 Å². The molecule has 0 fully saturated rings. The van der Waals surface area contributed by atoms with E-state index in [1.54, 1.807) is 14.2 Å². The zero-order chi connectivity index (χ0) is 21.0. The number of nitrogens with zero attached hydrogens (tertiary/aromatic N) is 3. The van der Waals surface area contributed by atoms with Gasteiger partial charge in [-0.2, -0.15) is 0 Å². The molecular formula is C21H24N4O3S. The molecular weight excluding hydrogens is 388 g/mol. The van der Waals surface area contributed by atoms with Gasteiger partial charge in [0.2, 0.25) is 5.91 Å². The third-order valence-corrected chi connectivity index (χ3v) is 5.49. The van der Waals surface area contributed by atoms with Crippen molar-refractivity contribution in [3.63, 3.8) is 0 Å². The van der Waals surface area contributed by atoms with E-state index in [0.717, 1.165) is 22.4 Å². The topological polar surface area (TPSA) is 78.3 Å². The lowest BCUT2D eigenvalue weighted by Crippen LogP contribution is -2.15. The van der Waals surface area contributed by atoms with Crippen LogP contribution >= 0.6 is 11.8 Å². The van der Waals surface area contributed by atoms with Crippen LogP contribution in [-0.4, -0.2) is 40.6 Å². The predicted molar refractivity (Wildman–Crippen MR) is 115 cm³/mol. The second-order valence-electron chi connectivity index (χ2n) is 6.59. The van der Waals surface area contributed by atoms with Crippen LogP contribution in [0.1, 0.15) is 11.1 Å². The van der Waals surface area contributed by atoms with Gasteiger partial charge in [0.1, 0.15) is 0 Å². The molecule has 0 bridgehead atoms. The average Bonchev–Trinajstić information content (AvgIpc) is 3.08. The van der Waals surface area contributed by atoms with Crippen molar-refractivity contribution in [2.75, 3.05) is 25.3 Å². The Morgan fingerprint density at radius 1 is 1.07 bits per heavy atom. The number of hydrogen-bond donors (Lipinski definition) is 1. The molecule has 0 atom stereocenters. The van der Waals surface area contributed by atoms with E-state index in [1.807, 2.05) is 61.9 Å². The first-order chi connectivity index (χ1) is 13.9. The third-order valence-electron chi connectivity index (χ3n) is 4.47. The maximum atomic E-state index is 12.3. The summed E-state index contributed by atoms with van der Waals surface area (Å²) in [5.74, 6) is 2.11. The maximum Gasteiger partial charge on any atom is 0.234 e. The minimum Gasteiger partial charge on any atom is -0.493 e. The number of thioether (sulfide) groups is 1. The van der Waals surface area contributed by atoms with E-state index in [-0.39, 0.29) is 11.7 Å². The lowest BCUT2D eigenvalue weighted by Gasteiger charge is -2.10. The summed E-state index contributed by atoms with van der Waals surface area (Å²) in [6.07, 6.45) is 0. The second kappa shape index (κ2) is 9.00. The fourth-order valence-electron chi connectivity index (χ4n) is 2.94. The molecule has 0 radical (unpaired) electrons. The van der Waals surface area contributed by atoms with Crippen LogP contribution in [0.15, 0.2) is 41.6 Å². The summed E-state index contributed by atoms with van der Waals surface area (Å²) in [5.41, 5.74) is 3.88. The molecule has 0 aliphatic heterocycles. The van der Waals surface area contributed by atoms with E-state index in [2.05, 4.69) is 15.5 Å². The van der Waals surface area contributed by atoms with E-state index >= 15 is 0 Å². The fraction of sp³-hybridized carbons (Fsp3) is 0.286. The Kier molecular flexibility index (Phi) is 6.43. The Morgan fingerprint density at radius 3 is 2.52 bits per heavy atom. The highest BCUT2D eigenvalue weighted by Gasteiger charge is 2.15. The molecule has 0 aliphatic rings. The van der Waals surface area contributed by atoms with Gasteiger partial charge in [-0.1, -0.05) is 29.5 Å². The van der Waals surface area contributed by atoms with Gasteiger partial charge in [-0.3, -0.25) is 4.79 Å². The first-order valence-corrected chi connectivity index (χ1v) is 10.0. The molecule has 152 valence electrons. The van der Waals surface area contributed by atoms with Gasteiger partial charge in [-0.15, -0.1) is 10.2 Å². The van der Waals surface area contributed by atoms with Crippen molar-refractivity contribution in [2.24, 2.45) is 7.05 Å². The predicted octanol–water partition coefficient (Wildman–Crippen LogP) is 3.85. The van der Waals surface area contributed by atoms with Gasteiger partial charge in [0, 0.05) is 18.3 Å². The molecule has 1 heterocycles. The summed E-state index contributed by atoms with van der Waals surface area (Å²) in [4.78, 5) is 12.3. The van der Waals surface area contributed by atoms with Crippen LogP contribution in [0.25, 0.3) is 11.4 Å². The lowest BCUT2D eigenvalue weighted by atomic mass is 10.1. The minimum atomic E-state index is -0.0855. The van der Waals surface area contributed by atoms with Gasteiger partial charge in [-0.05, 0) is 43.7 Å². The summed E-state index contributed by atoms with van der Waals surface area (Å²) in [7, 11) is 5.06. The van der Waals surface area contributed by atoms with Gasteiger partial charge in [0.25, 0.3) is 0 Å². The van der Waals surface area contributed by atoms with Crippen LogP contribution in [0.2, 0.25) is 0 Å². The summed E-state index contributed by atoms with van der Waals surface area (Å²) in [5, 5.41) is 12.1. The molecule has 0 saturated carbocycles. The number of ether oxygens (including phenoxy) is 2. The minimum absolute atomic E-state index is 0.0855. The van der Waals surface area contributed by atoms with Crippen LogP contribution in [0.5, 0.6) is 11.5 Å². The van der Waals surface area contributed by atoms with Gasteiger partial charge < -0.3 is 19.4 Å². The standard InChI is InChI=1S/C21H24N4O3S/c1-13-6-8-16(14(2)10-13)22-19(26)12-29-21-24-23-20(25(21)3)15-7-9-17(27-4)18(11-15)28-5/h6-11H,12H2,1-5H3,(H,22,26). The second-order valence-corrected chi connectivity index (χ2v) is 7.53. The first kappa shape index (κ1) is 20.7. The number of aromatic nitrogens is 3. The number of benzene rings is 2. The molecule has 1 N–H and O–H groups in total. The fourth-order valence-corrected chi connectivity index (χ4v) is 3.65. The number of aryl methyl sites for hydroxylation is 2. The van der Waals surface area contributed by atoms with Gasteiger partial charge in [-0.25, -0.2) is 0 Å². The molecule has 0 unspecified atom stereocenters. The molecule has 0 aliphatic carbocycles. The van der Waals surface area contributed by atoms with E-state index in [9.17, 15) is 4.79 Å². The van der Waals surface area contributed by atoms with Crippen molar-refractivity contribution in [2.45, 2.75) is 19.0 Å². The summed E-state index contributed by atoms with van der Waals surface area (Å²) >= 11 is 1.34. The van der Waals surface area contributed by atoms with Gasteiger partial charge in [0.05, 0.1) is 20.0 Å². The number of amides is 1. The molecule has 8 heteroatoms. The largest absolute Gasteiger partial charge is 0.493 e. The van der Waals surface area contributed by atoms with Gasteiger partial charge >= 0.3 is 0 Å². The van der Waals surface area contributed by atoms with Crippen LogP contribution < -0.4 is 14.8 Å². The molecule has 0 spiro atoms. The van der Waals surface area contributed by atoms with E-state index in [4.69, 9.17) is 9.47 Å². The number of anilines is 1. The van der Waals surface area contributed by atoms with E-state index in [1.165, 1.54) is 11.8 Å². The number of carbonyl (C=O) groups excluding carboxylic acids is 1. The van der Waals surface area contributed by atoms with Crippen molar-refractivity contribution in [1.82, 2.24) is 14.8 Å². The van der Waals surface area contributed by atoms with Crippen LogP contribution in [0, 0.1) is 13.8 Å². The van der Waals surface area contributed by atoms with Crippen molar-refractivity contribution < 1.29 is 14.3 Å². The average molecular weight is 413 g/mol. The number of methoxy groups -OCH3 is 2. The Balaban J connectivity index is 1.69. The number of nitrogens with one attached hydrogen (secondary N) is 1. The van der Waals surface area contributed by atoms with Crippen molar-refractivity contribution >= 4 is 23.4 Å². The van der Waals surface area contributed by atoms with Gasteiger partial charge in [0.15, 0.2) is 22.5 Å². The highest BCUT2D eigenvalue weighted by molar-refractivity contribution is 7.99. The first-order valence-electron chi connectivity index (χ1n) is 9.04. The summed E-state index contributed by atoms with van der Waals surface area (Å²) < 4.78 is 12.5. The summed E-state index contributed by atoms with van der Waals surface area (Å²) in [6.45, 7) is 4.01. The normalized spacial score (nSPS) is 10.7. The molecule has 0 saturated heterocycles. The highest BCUT2D eigenvalue weighted by atomic mass is 32.2. The molecule has 1 amide bonds. The quantitative estimate of drug-likeness (QED) is 0.594. The molecule has 29 heavy (non-hydrogen) atoms. The van der Waals surface area contributed by atoms with Crippen LogP contribution in [0.4, 0.5) is 5.69 Å². The molecule has 3 rings (SSSR count). The third kappa shape index (κ3) is 4.71. The van der Waals surface area contributed by atoms with E-state index in [0.29, 0.717) is 22.5 Å². The molecule has 2 aromatic carbocycles. The Bertz CT molecular complexity index is 1030. The monoisotopic (exact) mass is 412 g/mol.